The quantitative estimate of drug-likeness (QED) is 0.777. The number of thioether (sulfide) groups is 1. The third kappa shape index (κ3) is 4.16. The third-order valence-corrected chi connectivity index (χ3v) is 2.95. The molecule has 4 heteroatoms. The van der Waals surface area contributed by atoms with Crippen molar-refractivity contribution in [3.63, 3.8) is 0 Å². The van der Waals surface area contributed by atoms with E-state index in [0.717, 1.165) is 18.9 Å². The van der Waals surface area contributed by atoms with Gasteiger partial charge in [-0.05, 0) is 31.8 Å². The zero-order valence-electron chi connectivity index (χ0n) is 9.86. The fourth-order valence-corrected chi connectivity index (χ4v) is 2.05. The number of rotatable bonds is 7. The molecule has 0 saturated carbocycles. The Morgan fingerprint density at radius 3 is 3.07 bits per heavy atom. The van der Waals surface area contributed by atoms with Crippen molar-refractivity contribution in [1.29, 1.82) is 0 Å². The molecule has 3 nitrogen and oxygen atoms in total. The van der Waals surface area contributed by atoms with Crippen LogP contribution in [-0.4, -0.2) is 27.6 Å². The van der Waals surface area contributed by atoms with E-state index in [9.17, 15) is 0 Å². The van der Waals surface area contributed by atoms with Gasteiger partial charge in [0, 0.05) is 25.0 Å². The van der Waals surface area contributed by atoms with E-state index in [1.807, 2.05) is 24.2 Å². The summed E-state index contributed by atoms with van der Waals surface area (Å²) in [7, 11) is 0. The van der Waals surface area contributed by atoms with E-state index in [4.69, 9.17) is 0 Å². The molecule has 0 amide bonds. The molecule has 15 heavy (non-hydrogen) atoms. The first-order chi connectivity index (χ1) is 7.27. The molecule has 0 fully saturated rings. The van der Waals surface area contributed by atoms with E-state index >= 15 is 0 Å². The Hall–Kier alpha value is -0.640. The van der Waals surface area contributed by atoms with Gasteiger partial charge in [-0.15, -0.1) is 0 Å². The molecule has 0 spiro atoms. The maximum absolute atomic E-state index is 4.33. The van der Waals surface area contributed by atoms with Crippen molar-refractivity contribution in [1.82, 2.24) is 9.55 Å². The molecule has 1 heterocycles. The van der Waals surface area contributed by atoms with Gasteiger partial charge in [0.2, 0.25) is 5.95 Å². The molecule has 86 valence electrons. The first-order valence-corrected chi connectivity index (χ1v) is 6.94. The third-order valence-electron chi connectivity index (χ3n) is 2.31. The van der Waals surface area contributed by atoms with Crippen LogP contribution >= 0.6 is 11.8 Å². The lowest BCUT2D eigenvalue weighted by atomic mass is 10.3. The number of aromatic nitrogens is 2. The van der Waals surface area contributed by atoms with Gasteiger partial charge in [0.05, 0.1) is 0 Å². The minimum atomic E-state index is 0.496. The molecule has 1 atom stereocenters. The van der Waals surface area contributed by atoms with E-state index < -0.39 is 0 Å². The van der Waals surface area contributed by atoms with Crippen LogP contribution in [0, 0.1) is 0 Å². The van der Waals surface area contributed by atoms with Gasteiger partial charge in [-0.2, -0.15) is 11.8 Å². The predicted octanol–water partition coefficient (Wildman–Crippen LogP) is 2.85. The molecule has 0 aliphatic carbocycles. The molecule has 0 aromatic carbocycles. The van der Waals surface area contributed by atoms with Crippen molar-refractivity contribution in [2.75, 3.05) is 17.3 Å². The van der Waals surface area contributed by atoms with Crippen LogP contribution in [0.5, 0.6) is 0 Å². The summed E-state index contributed by atoms with van der Waals surface area (Å²) in [6, 6.07) is 0.496. The zero-order valence-corrected chi connectivity index (χ0v) is 10.7. The average molecular weight is 227 g/mol. The van der Waals surface area contributed by atoms with Gasteiger partial charge in [0.1, 0.15) is 0 Å². The molecular formula is C11H21N3S. The summed E-state index contributed by atoms with van der Waals surface area (Å²) < 4.78 is 2.18. The Bertz CT molecular complexity index is 273. The van der Waals surface area contributed by atoms with Crippen LogP contribution in [0.15, 0.2) is 12.4 Å². The number of hydrogen-bond acceptors (Lipinski definition) is 3. The Balaban J connectivity index is 2.44. The van der Waals surface area contributed by atoms with Gasteiger partial charge in [-0.1, -0.05) is 6.92 Å². The monoisotopic (exact) mass is 227 g/mol. The number of aryl methyl sites for hydroxylation is 1. The Morgan fingerprint density at radius 1 is 1.60 bits per heavy atom. The average Bonchev–Trinajstić information content (AvgIpc) is 2.63. The predicted molar refractivity (Wildman–Crippen MR) is 68.6 cm³/mol. The minimum absolute atomic E-state index is 0.496. The smallest absolute Gasteiger partial charge is 0.202 e. The molecular weight excluding hydrogens is 206 g/mol. The standard InChI is InChI=1S/C11H21N3S/c1-4-7-14-8-6-12-11(14)13-10(2)5-9-15-3/h6,8,10H,4-5,7,9H2,1-3H3,(H,12,13). The highest BCUT2D eigenvalue weighted by Gasteiger charge is 2.05. The maximum atomic E-state index is 4.33. The first kappa shape index (κ1) is 12.4. The lowest BCUT2D eigenvalue weighted by Gasteiger charge is -2.15. The van der Waals surface area contributed by atoms with Crippen LogP contribution in [0.25, 0.3) is 0 Å². The summed E-state index contributed by atoms with van der Waals surface area (Å²) in [4.78, 5) is 4.33. The second-order valence-corrected chi connectivity index (χ2v) is 4.76. The van der Waals surface area contributed by atoms with Crippen molar-refractivity contribution in [2.45, 2.75) is 39.3 Å². The molecule has 1 aromatic heterocycles. The van der Waals surface area contributed by atoms with Crippen LogP contribution in [0.4, 0.5) is 5.95 Å². The van der Waals surface area contributed by atoms with Crippen molar-refractivity contribution >= 4 is 17.7 Å². The largest absolute Gasteiger partial charge is 0.353 e. The van der Waals surface area contributed by atoms with Crippen LogP contribution in [0.1, 0.15) is 26.7 Å². The summed E-state index contributed by atoms with van der Waals surface area (Å²) >= 11 is 1.89. The van der Waals surface area contributed by atoms with Crippen molar-refractivity contribution in [3.8, 4) is 0 Å². The molecule has 0 bridgehead atoms. The van der Waals surface area contributed by atoms with Gasteiger partial charge in [0.15, 0.2) is 0 Å². The lowest BCUT2D eigenvalue weighted by Crippen LogP contribution is -2.19. The number of hydrogen-bond donors (Lipinski definition) is 1. The zero-order chi connectivity index (χ0) is 11.1. The van der Waals surface area contributed by atoms with E-state index in [-0.39, 0.29) is 0 Å². The van der Waals surface area contributed by atoms with Crippen molar-refractivity contribution < 1.29 is 0 Å². The molecule has 1 unspecified atom stereocenters. The van der Waals surface area contributed by atoms with Gasteiger partial charge >= 0.3 is 0 Å². The molecule has 0 radical (unpaired) electrons. The highest BCUT2D eigenvalue weighted by atomic mass is 32.2. The highest BCUT2D eigenvalue weighted by Crippen LogP contribution is 2.09. The second-order valence-electron chi connectivity index (χ2n) is 3.77. The first-order valence-electron chi connectivity index (χ1n) is 5.54. The van der Waals surface area contributed by atoms with Gasteiger partial charge in [0.25, 0.3) is 0 Å². The fourth-order valence-electron chi connectivity index (χ4n) is 1.46. The number of nitrogens with one attached hydrogen (secondary N) is 1. The maximum Gasteiger partial charge on any atom is 0.202 e. The highest BCUT2D eigenvalue weighted by molar-refractivity contribution is 7.98. The van der Waals surface area contributed by atoms with Crippen molar-refractivity contribution in [3.05, 3.63) is 12.4 Å². The molecule has 0 aliphatic rings. The normalized spacial score (nSPS) is 12.7. The second kappa shape index (κ2) is 6.77. The molecule has 0 aliphatic heterocycles. The fraction of sp³-hybridized carbons (Fsp3) is 0.727. The Labute approximate surface area is 96.7 Å². The molecule has 1 rings (SSSR count). The van der Waals surface area contributed by atoms with Crippen LogP contribution < -0.4 is 5.32 Å². The van der Waals surface area contributed by atoms with Crippen LogP contribution in [0.2, 0.25) is 0 Å². The Morgan fingerprint density at radius 2 is 2.40 bits per heavy atom. The van der Waals surface area contributed by atoms with E-state index in [2.05, 4.69) is 35.0 Å². The lowest BCUT2D eigenvalue weighted by molar-refractivity contribution is 0.666. The van der Waals surface area contributed by atoms with Crippen LogP contribution in [0.3, 0.4) is 0 Å². The minimum Gasteiger partial charge on any atom is -0.353 e. The summed E-state index contributed by atoms with van der Waals surface area (Å²) in [6.45, 7) is 5.43. The van der Waals surface area contributed by atoms with Crippen LogP contribution in [-0.2, 0) is 6.54 Å². The van der Waals surface area contributed by atoms with Gasteiger partial charge < -0.3 is 9.88 Å². The molecule has 1 N–H and O–H groups in total. The van der Waals surface area contributed by atoms with E-state index in [0.29, 0.717) is 6.04 Å². The molecule has 1 aromatic rings. The number of anilines is 1. The van der Waals surface area contributed by atoms with Crippen molar-refractivity contribution in [2.24, 2.45) is 0 Å². The van der Waals surface area contributed by atoms with Gasteiger partial charge in [-0.25, -0.2) is 4.98 Å². The summed E-state index contributed by atoms with van der Waals surface area (Å²) in [6.07, 6.45) is 8.36. The molecule has 0 saturated heterocycles. The summed E-state index contributed by atoms with van der Waals surface area (Å²) in [5.74, 6) is 2.20. The SMILES string of the molecule is CCCn1ccnc1NC(C)CCSC. The number of nitrogens with zero attached hydrogens (tertiary/aromatic N) is 2. The number of imidazole rings is 1. The van der Waals surface area contributed by atoms with E-state index in [1.54, 1.807) is 0 Å². The summed E-state index contributed by atoms with van der Waals surface area (Å²) in [5, 5.41) is 3.45. The Kier molecular flexibility index (Phi) is 5.61. The van der Waals surface area contributed by atoms with Gasteiger partial charge in [-0.3, -0.25) is 0 Å². The van der Waals surface area contributed by atoms with E-state index in [1.165, 1.54) is 12.2 Å². The summed E-state index contributed by atoms with van der Waals surface area (Å²) in [5.41, 5.74) is 0. The topological polar surface area (TPSA) is 29.9 Å².